The molecule has 2 unspecified atom stereocenters. The zero-order valence-corrected chi connectivity index (χ0v) is 12.4. The van der Waals surface area contributed by atoms with Crippen molar-refractivity contribution in [3.05, 3.63) is 0 Å². The molecule has 0 bridgehead atoms. The Hall–Kier alpha value is -0.700. The van der Waals surface area contributed by atoms with Crippen molar-refractivity contribution < 1.29 is 23.4 Å². The van der Waals surface area contributed by atoms with Crippen molar-refractivity contribution in [2.24, 2.45) is 11.8 Å². The van der Waals surface area contributed by atoms with E-state index in [2.05, 4.69) is 0 Å². The summed E-state index contributed by atoms with van der Waals surface area (Å²) in [5.74, 6) is -1.16. The second-order valence-corrected chi connectivity index (χ2v) is 7.53. The molecule has 0 aromatic rings. The molecule has 20 heavy (non-hydrogen) atoms. The van der Waals surface area contributed by atoms with Gasteiger partial charge in [-0.2, -0.15) is 17.0 Å². The molecule has 0 aromatic carbocycles. The Morgan fingerprint density at radius 1 is 1.20 bits per heavy atom. The van der Waals surface area contributed by atoms with E-state index in [1.165, 1.54) is 8.61 Å². The molecule has 0 radical (unpaired) electrons. The Bertz CT molecular complexity index is 458. The highest BCUT2D eigenvalue weighted by Crippen LogP contribution is 2.30. The zero-order valence-electron chi connectivity index (χ0n) is 11.6. The van der Waals surface area contributed by atoms with Crippen LogP contribution in [0.1, 0.15) is 26.2 Å². The van der Waals surface area contributed by atoms with Gasteiger partial charge in [0.25, 0.3) is 10.2 Å². The molecule has 8 heteroatoms. The molecule has 2 N–H and O–H groups in total. The maximum Gasteiger partial charge on any atom is 0.306 e. The number of aliphatic carboxylic acids is 1. The van der Waals surface area contributed by atoms with Crippen LogP contribution in [0.4, 0.5) is 0 Å². The topological polar surface area (TPSA) is 98.2 Å². The molecule has 2 fully saturated rings. The molecule has 7 nitrogen and oxygen atoms in total. The lowest BCUT2D eigenvalue weighted by Crippen LogP contribution is -2.50. The summed E-state index contributed by atoms with van der Waals surface area (Å²) in [5.41, 5.74) is 0. The fourth-order valence-electron chi connectivity index (χ4n) is 3.01. The Morgan fingerprint density at radius 3 is 2.30 bits per heavy atom. The number of rotatable bonds is 4. The van der Waals surface area contributed by atoms with Gasteiger partial charge >= 0.3 is 5.97 Å². The van der Waals surface area contributed by atoms with Crippen LogP contribution in [0, 0.1) is 11.8 Å². The molecule has 2 heterocycles. The fourth-order valence-corrected chi connectivity index (χ4v) is 4.93. The van der Waals surface area contributed by atoms with Crippen molar-refractivity contribution in [3.8, 4) is 0 Å². The van der Waals surface area contributed by atoms with E-state index >= 15 is 0 Å². The Morgan fingerprint density at radius 2 is 1.80 bits per heavy atom. The second-order valence-electron chi connectivity index (χ2n) is 5.65. The van der Waals surface area contributed by atoms with E-state index in [1.807, 2.05) is 6.92 Å². The number of carboxylic acids is 1. The number of aliphatic hydroxyl groups is 1. The first kappa shape index (κ1) is 15.7. The van der Waals surface area contributed by atoms with Gasteiger partial charge < -0.3 is 10.2 Å². The van der Waals surface area contributed by atoms with Gasteiger partial charge in [-0.25, -0.2) is 0 Å². The molecule has 2 aliphatic heterocycles. The molecule has 0 saturated carbocycles. The van der Waals surface area contributed by atoms with Crippen molar-refractivity contribution in [1.82, 2.24) is 8.61 Å². The molecule has 2 rings (SSSR count). The standard InChI is InChI=1S/C12H22N2O5S/c1-9-2-7-14(11(9)8-15)20(18,19)13-5-3-10(4-6-13)12(16)17/h9-11,15H,2-8H2,1H3,(H,16,17). The molecular weight excluding hydrogens is 284 g/mol. The summed E-state index contributed by atoms with van der Waals surface area (Å²) in [6, 6.07) is -0.364. The highest BCUT2D eigenvalue weighted by Gasteiger charge is 2.42. The fraction of sp³-hybridized carbons (Fsp3) is 0.917. The molecule has 2 atom stereocenters. The van der Waals surface area contributed by atoms with Gasteiger partial charge in [-0.1, -0.05) is 6.92 Å². The Labute approximate surface area is 119 Å². The summed E-state index contributed by atoms with van der Waals surface area (Å²) in [6.45, 7) is 2.66. The van der Waals surface area contributed by atoms with Crippen molar-refractivity contribution in [2.75, 3.05) is 26.2 Å². The molecule has 0 aliphatic carbocycles. The maximum absolute atomic E-state index is 12.6. The van der Waals surface area contributed by atoms with E-state index in [0.29, 0.717) is 19.4 Å². The number of carboxylic acid groups (broad SMARTS) is 1. The van der Waals surface area contributed by atoms with Gasteiger partial charge in [0.05, 0.1) is 18.6 Å². The first-order valence-electron chi connectivity index (χ1n) is 6.98. The molecule has 2 aliphatic rings. The Balaban J connectivity index is 2.06. The summed E-state index contributed by atoms with van der Waals surface area (Å²) in [7, 11) is -3.59. The molecule has 0 spiro atoms. The first-order valence-corrected chi connectivity index (χ1v) is 8.38. The SMILES string of the molecule is CC1CCN(S(=O)(=O)N2CCC(C(=O)O)CC2)C1CO. The van der Waals surface area contributed by atoms with E-state index in [1.54, 1.807) is 0 Å². The number of nitrogens with zero attached hydrogens (tertiary/aromatic N) is 2. The van der Waals surface area contributed by atoms with Crippen molar-refractivity contribution in [1.29, 1.82) is 0 Å². The lowest BCUT2D eigenvalue weighted by atomic mass is 9.99. The van der Waals surface area contributed by atoms with Crippen LogP contribution in [0.3, 0.4) is 0 Å². The second kappa shape index (κ2) is 5.97. The van der Waals surface area contributed by atoms with Gasteiger partial charge in [0, 0.05) is 19.6 Å². The van der Waals surface area contributed by atoms with Gasteiger partial charge in [0.1, 0.15) is 0 Å². The van der Waals surface area contributed by atoms with E-state index < -0.39 is 22.1 Å². The third-order valence-electron chi connectivity index (χ3n) is 4.44. The van der Waals surface area contributed by atoms with Crippen LogP contribution < -0.4 is 0 Å². The maximum atomic E-state index is 12.6. The highest BCUT2D eigenvalue weighted by atomic mass is 32.2. The number of piperidine rings is 1. The quantitative estimate of drug-likeness (QED) is 0.745. The summed E-state index contributed by atoms with van der Waals surface area (Å²) in [5, 5.41) is 18.3. The third kappa shape index (κ3) is 2.83. The summed E-state index contributed by atoms with van der Waals surface area (Å²) >= 11 is 0. The van der Waals surface area contributed by atoms with Crippen LogP contribution in [0.5, 0.6) is 0 Å². The van der Waals surface area contributed by atoms with Crippen LogP contribution in [-0.4, -0.2) is 65.5 Å². The minimum Gasteiger partial charge on any atom is -0.481 e. The first-order chi connectivity index (χ1) is 9.37. The number of hydrogen-bond donors (Lipinski definition) is 2. The lowest BCUT2D eigenvalue weighted by Gasteiger charge is -2.34. The molecule has 0 aromatic heterocycles. The third-order valence-corrected chi connectivity index (χ3v) is 6.51. The minimum atomic E-state index is -3.59. The van der Waals surface area contributed by atoms with E-state index in [0.717, 1.165) is 6.42 Å². The highest BCUT2D eigenvalue weighted by molar-refractivity contribution is 7.86. The summed E-state index contributed by atoms with van der Waals surface area (Å²) < 4.78 is 27.9. The van der Waals surface area contributed by atoms with Gasteiger partial charge in [0.2, 0.25) is 0 Å². The van der Waals surface area contributed by atoms with Gasteiger partial charge in [-0.3, -0.25) is 4.79 Å². The predicted octanol–water partition coefficient (Wildman–Crippen LogP) is -0.269. The van der Waals surface area contributed by atoms with Crippen LogP contribution in [0.2, 0.25) is 0 Å². The monoisotopic (exact) mass is 306 g/mol. The average Bonchev–Trinajstić information content (AvgIpc) is 2.80. The van der Waals surface area contributed by atoms with Crippen LogP contribution >= 0.6 is 0 Å². The van der Waals surface area contributed by atoms with E-state index in [9.17, 15) is 18.3 Å². The van der Waals surface area contributed by atoms with Crippen LogP contribution in [0.25, 0.3) is 0 Å². The normalized spacial score (nSPS) is 30.7. The number of hydrogen-bond acceptors (Lipinski definition) is 4. The largest absolute Gasteiger partial charge is 0.481 e. The van der Waals surface area contributed by atoms with Crippen molar-refractivity contribution >= 4 is 16.2 Å². The average molecular weight is 306 g/mol. The predicted molar refractivity (Wildman–Crippen MR) is 72.2 cm³/mol. The van der Waals surface area contributed by atoms with Crippen LogP contribution in [0.15, 0.2) is 0 Å². The Kier molecular flexibility index (Phi) is 4.68. The lowest BCUT2D eigenvalue weighted by molar-refractivity contribution is -0.142. The van der Waals surface area contributed by atoms with E-state index in [4.69, 9.17) is 5.11 Å². The van der Waals surface area contributed by atoms with Crippen LogP contribution in [-0.2, 0) is 15.0 Å². The van der Waals surface area contributed by atoms with Gasteiger partial charge in [0.15, 0.2) is 0 Å². The number of carbonyl (C=O) groups is 1. The number of aliphatic hydroxyl groups excluding tert-OH is 1. The smallest absolute Gasteiger partial charge is 0.306 e. The van der Waals surface area contributed by atoms with Gasteiger partial charge in [-0.05, 0) is 25.2 Å². The molecular formula is C12H22N2O5S. The summed E-state index contributed by atoms with van der Waals surface area (Å²) in [4.78, 5) is 10.9. The molecule has 0 amide bonds. The van der Waals surface area contributed by atoms with Crippen molar-refractivity contribution in [3.63, 3.8) is 0 Å². The van der Waals surface area contributed by atoms with E-state index in [-0.39, 0.29) is 31.7 Å². The zero-order chi connectivity index (χ0) is 14.9. The molecule has 2 saturated heterocycles. The summed E-state index contributed by atoms with van der Waals surface area (Å²) in [6.07, 6.45) is 1.44. The minimum absolute atomic E-state index is 0.145. The molecule has 116 valence electrons. The van der Waals surface area contributed by atoms with Crippen molar-refractivity contribution in [2.45, 2.75) is 32.2 Å². The van der Waals surface area contributed by atoms with Gasteiger partial charge in [-0.15, -0.1) is 0 Å².